The van der Waals surface area contributed by atoms with E-state index in [-0.39, 0.29) is 5.41 Å². The highest BCUT2D eigenvalue weighted by Gasteiger charge is 2.42. The van der Waals surface area contributed by atoms with Crippen molar-refractivity contribution in [2.45, 2.75) is 64.2 Å². The standard InChI is InChI=1S/C30H32N2/c1-5-30(6-2)18-32-29(19(3)4)25-12-11-24(15-28(25)30)27-16-26(27)23-10-9-21-13-20(17-31)7-8-22(21)14-23/h7-15,19,26-27H,5-6,16,18H2,1-4H3. The van der Waals surface area contributed by atoms with Crippen LogP contribution in [-0.2, 0) is 5.41 Å². The van der Waals surface area contributed by atoms with Crippen molar-refractivity contribution in [1.29, 1.82) is 5.26 Å². The predicted molar refractivity (Wildman–Crippen MR) is 134 cm³/mol. The van der Waals surface area contributed by atoms with E-state index < -0.39 is 0 Å². The van der Waals surface area contributed by atoms with Crippen molar-refractivity contribution < 1.29 is 0 Å². The van der Waals surface area contributed by atoms with Crippen LogP contribution in [0, 0.1) is 17.2 Å². The Kier molecular flexibility index (Phi) is 5.17. The summed E-state index contributed by atoms with van der Waals surface area (Å²) in [5.74, 6) is 1.65. The largest absolute Gasteiger partial charge is 0.288 e. The summed E-state index contributed by atoms with van der Waals surface area (Å²) in [5, 5.41) is 11.5. The maximum absolute atomic E-state index is 9.16. The lowest BCUT2D eigenvalue weighted by atomic mass is 9.70. The molecule has 0 saturated heterocycles. The number of hydrogen-bond donors (Lipinski definition) is 0. The molecule has 2 nitrogen and oxygen atoms in total. The van der Waals surface area contributed by atoms with Crippen LogP contribution in [0.4, 0.5) is 0 Å². The number of hydrogen-bond acceptors (Lipinski definition) is 2. The molecule has 0 aromatic heterocycles. The van der Waals surface area contributed by atoms with Gasteiger partial charge in [0.15, 0.2) is 0 Å². The Bertz CT molecular complexity index is 1250. The van der Waals surface area contributed by atoms with Crippen molar-refractivity contribution in [1.82, 2.24) is 0 Å². The molecule has 5 rings (SSSR count). The topological polar surface area (TPSA) is 36.1 Å². The van der Waals surface area contributed by atoms with Crippen molar-refractivity contribution in [3.8, 4) is 6.07 Å². The third kappa shape index (κ3) is 3.36. The lowest BCUT2D eigenvalue weighted by molar-refractivity contribution is 0.401. The normalized spacial score (nSPS) is 21.2. The Morgan fingerprint density at radius 3 is 2.28 bits per heavy atom. The third-order valence-electron chi connectivity index (χ3n) is 7.98. The van der Waals surface area contributed by atoms with Gasteiger partial charge in [0.25, 0.3) is 0 Å². The molecular formula is C30H32N2. The molecule has 1 aliphatic heterocycles. The summed E-state index contributed by atoms with van der Waals surface area (Å²) in [4.78, 5) is 5.06. The molecular weight excluding hydrogens is 388 g/mol. The molecule has 0 spiro atoms. The number of nitriles is 1. The molecule has 1 aliphatic carbocycles. The van der Waals surface area contributed by atoms with Gasteiger partial charge in [-0.05, 0) is 82.2 Å². The summed E-state index contributed by atoms with van der Waals surface area (Å²) in [7, 11) is 0. The van der Waals surface area contributed by atoms with Crippen LogP contribution < -0.4 is 0 Å². The van der Waals surface area contributed by atoms with Gasteiger partial charge in [0, 0.05) is 17.7 Å². The van der Waals surface area contributed by atoms with E-state index in [2.05, 4.69) is 76.2 Å². The van der Waals surface area contributed by atoms with Crippen LogP contribution in [0.5, 0.6) is 0 Å². The van der Waals surface area contributed by atoms with Gasteiger partial charge in [0.2, 0.25) is 0 Å². The molecule has 3 aromatic rings. The molecule has 162 valence electrons. The van der Waals surface area contributed by atoms with Gasteiger partial charge < -0.3 is 0 Å². The number of fused-ring (bicyclic) bond motifs is 2. The van der Waals surface area contributed by atoms with Crippen LogP contribution in [0.25, 0.3) is 10.8 Å². The Hall–Kier alpha value is -2.92. The van der Waals surface area contributed by atoms with Crippen LogP contribution in [-0.4, -0.2) is 12.3 Å². The molecule has 0 bridgehead atoms. The summed E-state index contributed by atoms with van der Waals surface area (Å²) in [5.41, 5.74) is 8.01. The minimum absolute atomic E-state index is 0.176. The number of aliphatic imine (C=N–C) groups is 1. The Morgan fingerprint density at radius 1 is 0.938 bits per heavy atom. The van der Waals surface area contributed by atoms with E-state index >= 15 is 0 Å². The van der Waals surface area contributed by atoms with E-state index in [0.29, 0.717) is 17.8 Å². The Balaban J connectivity index is 1.48. The van der Waals surface area contributed by atoms with E-state index in [9.17, 15) is 0 Å². The third-order valence-corrected chi connectivity index (χ3v) is 7.98. The second-order valence-corrected chi connectivity index (χ2v) is 10.0. The minimum Gasteiger partial charge on any atom is -0.288 e. The molecule has 2 atom stereocenters. The molecule has 0 amide bonds. The molecule has 0 radical (unpaired) electrons. The van der Waals surface area contributed by atoms with Gasteiger partial charge in [-0.2, -0.15) is 5.26 Å². The first kappa shape index (κ1) is 21.0. The lowest BCUT2D eigenvalue weighted by Crippen LogP contribution is -2.35. The van der Waals surface area contributed by atoms with Crippen molar-refractivity contribution in [3.05, 3.63) is 82.4 Å². The highest BCUT2D eigenvalue weighted by molar-refractivity contribution is 6.04. The van der Waals surface area contributed by atoms with Gasteiger partial charge in [-0.15, -0.1) is 0 Å². The fourth-order valence-corrected chi connectivity index (χ4v) is 5.71. The minimum atomic E-state index is 0.176. The van der Waals surface area contributed by atoms with Gasteiger partial charge in [-0.25, -0.2) is 0 Å². The quantitative estimate of drug-likeness (QED) is 0.421. The Morgan fingerprint density at radius 2 is 1.59 bits per heavy atom. The molecule has 2 aliphatic rings. The monoisotopic (exact) mass is 420 g/mol. The van der Waals surface area contributed by atoms with Crippen molar-refractivity contribution in [3.63, 3.8) is 0 Å². The molecule has 2 unspecified atom stereocenters. The fourth-order valence-electron chi connectivity index (χ4n) is 5.71. The van der Waals surface area contributed by atoms with Gasteiger partial charge >= 0.3 is 0 Å². The van der Waals surface area contributed by atoms with Gasteiger partial charge in [0.1, 0.15) is 0 Å². The van der Waals surface area contributed by atoms with Crippen LogP contribution in [0.1, 0.15) is 86.6 Å². The zero-order valence-electron chi connectivity index (χ0n) is 19.7. The van der Waals surface area contributed by atoms with Crippen LogP contribution in [0.2, 0.25) is 0 Å². The highest BCUT2D eigenvalue weighted by Crippen LogP contribution is 2.56. The van der Waals surface area contributed by atoms with E-state index in [4.69, 9.17) is 10.3 Å². The average molecular weight is 421 g/mol. The van der Waals surface area contributed by atoms with Crippen LogP contribution in [0.3, 0.4) is 0 Å². The smallest absolute Gasteiger partial charge is 0.0991 e. The van der Waals surface area contributed by atoms with E-state index in [1.165, 1.54) is 39.8 Å². The summed E-state index contributed by atoms with van der Waals surface area (Å²) in [6.45, 7) is 10.1. The first-order valence-corrected chi connectivity index (χ1v) is 12.1. The van der Waals surface area contributed by atoms with Crippen LogP contribution >= 0.6 is 0 Å². The highest BCUT2D eigenvalue weighted by atomic mass is 14.8. The summed E-state index contributed by atoms with van der Waals surface area (Å²) >= 11 is 0. The lowest BCUT2D eigenvalue weighted by Gasteiger charge is -2.37. The second-order valence-electron chi connectivity index (χ2n) is 10.0. The maximum Gasteiger partial charge on any atom is 0.0991 e. The maximum atomic E-state index is 9.16. The first-order chi connectivity index (χ1) is 15.5. The van der Waals surface area contributed by atoms with Gasteiger partial charge in [0.05, 0.1) is 11.6 Å². The fraction of sp³-hybridized carbons (Fsp3) is 0.400. The summed E-state index contributed by atoms with van der Waals surface area (Å²) in [6, 6.07) is 22.2. The number of rotatable bonds is 5. The predicted octanol–water partition coefficient (Wildman–Crippen LogP) is 7.50. The van der Waals surface area contributed by atoms with Gasteiger partial charge in [-0.3, -0.25) is 4.99 Å². The molecule has 1 saturated carbocycles. The number of nitrogens with zero attached hydrogens (tertiary/aromatic N) is 2. The van der Waals surface area contributed by atoms with Crippen LogP contribution in [0.15, 0.2) is 59.6 Å². The van der Waals surface area contributed by atoms with E-state index in [1.807, 2.05) is 12.1 Å². The Labute approximate surface area is 192 Å². The zero-order valence-corrected chi connectivity index (χ0v) is 19.7. The van der Waals surface area contributed by atoms with Gasteiger partial charge in [-0.1, -0.05) is 70.2 Å². The molecule has 1 heterocycles. The van der Waals surface area contributed by atoms with E-state index in [1.54, 1.807) is 0 Å². The zero-order chi connectivity index (χ0) is 22.5. The summed E-state index contributed by atoms with van der Waals surface area (Å²) < 4.78 is 0. The van der Waals surface area contributed by atoms with E-state index in [0.717, 1.165) is 30.3 Å². The molecule has 32 heavy (non-hydrogen) atoms. The first-order valence-electron chi connectivity index (χ1n) is 12.1. The molecule has 1 fully saturated rings. The summed E-state index contributed by atoms with van der Waals surface area (Å²) in [6.07, 6.45) is 3.49. The molecule has 3 aromatic carbocycles. The molecule has 0 N–H and O–H groups in total. The van der Waals surface area contributed by atoms with Crippen molar-refractivity contribution in [2.24, 2.45) is 10.9 Å². The second kappa shape index (κ2) is 7.89. The SMILES string of the molecule is CCC1(CC)CN=C(C(C)C)c2ccc(C3CC3c3ccc4cc(C#N)ccc4c3)cc21. The van der Waals surface area contributed by atoms with Crippen molar-refractivity contribution >= 4 is 16.5 Å². The number of benzene rings is 3. The average Bonchev–Trinajstić information content (AvgIpc) is 3.63. The van der Waals surface area contributed by atoms with Crippen molar-refractivity contribution in [2.75, 3.05) is 6.54 Å². The molecule has 2 heteroatoms.